The second-order valence-electron chi connectivity index (χ2n) is 7.81. The van der Waals surface area contributed by atoms with Gasteiger partial charge < -0.3 is 4.98 Å². The van der Waals surface area contributed by atoms with Crippen LogP contribution in [0.4, 0.5) is 5.69 Å². The summed E-state index contributed by atoms with van der Waals surface area (Å²) in [5.41, 5.74) is 3.44. The summed E-state index contributed by atoms with van der Waals surface area (Å²) in [6.45, 7) is 7.32. The van der Waals surface area contributed by atoms with E-state index in [1.807, 2.05) is 39.0 Å². The van der Waals surface area contributed by atoms with Gasteiger partial charge in [0, 0.05) is 28.4 Å². The number of ketones is 1. The molecule has 7 heteroatoms. The SMILES string of the molecule is CC1=C(C(=O)C(C)(C)C)C(c2ccn[nH]2)N(c2ccc3nc[nH]c3c2)C1=O. The lowest BCUT2D eigenvalue weighted by Gasteiger charge is -2.28. The van der Waals surface area contributed by atoms with Crippen molar-refractivity contribution in [3.8, 4) is 0 Å². The van der Waals surface area contributed by atoms with Crippen LogP contribution in [0.15, 0.2) is 47.9 Å². The molecule has 1 aliphatic rings. The van der Waals surface area contributed by atoms with Crippen molar-refractivity contribution in [2.75, 3.05) is 4.90 Å². The predicted molar refractivity (Wildman–Crippen MR) is 102 cm³/mol. The van der Waals surface area contributed by atoms with E-state index in [0.717, 1.165) is 11.0 Å². The summed E-state index contributed by atoms with van der Waals surface area (Å²) in [6, 6.07) is 6.85. The Labute approximate surface area is 156 Å². The third-order valence-corrected chi connectivity index (χ3v) is 4.90. The van der Waals surface area contributed by atoms with E-state index in [1.165, 1.54) is 0 Å². The molecule has 1 unspecified atom stereocenters. The maximum Gasteiger partial charge on any atom is 0.255 e. The maximum atomic E-state index is 13.2. The summed E-state index contributed by atoms with van der Waals surface area (Å²) in [7, 11) is 0. The number of rotatable bonds is 3. The quantitative estimate of drug-likeness (QED) is 0.746. The van der Waals surface area contributed by atoms with Crippen LogP contribution in [0.1, 0.15) is 39.4 Å². The van der Waals surface area contributed by atoms with E-state index in [-0.39, 0.29) is 11.7 Å². The van der Waals surface area contributed by atoms with Gasteiger partial charge in [-0.1, -0.05) is 20.8 Å². The van der Waals surface area contributed by atoms with Crippen molar-refractivity contribution in [2.45, 2.75) is 33.7 Å². The first-order valence-electron chi connectivity index (χ1n) is 8.80. The molecule has 7 nitrogen and oxygen atoms in total. The largest absolute Gasteiger partial charge is 0.345 e. The molecular formula is C20H21N5O2. The van der Waals surface area contributed by atoms with E-state index in [0.29, 0.717) is 22.5 Å². The third kappa shape index (κ3) is 2.66. The van der Waals surface area contributed by atoms with Crippen molar-refractivity contribution in [1.82, 2.24) is 20.2 Å². The Morgan fingerprint density at radius 2 is 2.00 bits per heavy atom. The fraction of sp³-hybridized carbons (Fsp3) is 0.300. The number of imidazole rings is 1. The smallest absolute Gasteiger partial charge is 0.255 e. The van der Waals surface area contributed by atoms with Gasteiger partial charge in [-0.25, -0.2) is 4.98 Å². The van der Waals surface area contributed by atoms with E-state index in [4.69, 9.17) is 0 Å². The van der Waals surface area contributed by atoms with E-state index in [2.05, 4.69) is 20.2 Å². The Kier molecular flexibility index (Phi) is 3.76. The molecule has 0 saturated carbocycles. The molecule has 0 bridgehead atoms. The maximum absolute atomic E-state index is 13.2. The number of hydrogen-bond acceptors (Lipinski definition) is 4. The molecule has 2 aromatic heterocycles. The van der Waals surface area contributed by atoms with E-state index in [9.17, 15) is 9.59 Å². The van der Waals surface area contributed by atoms with Crippen LogP contribution in [0.2, 0.25) is 0 Å². The first-order chi connectivity index (χ1) is 12.8. The molecule has 2 N–H and O–H groups in total. The topological polar surface area (TPSA) is 94.7 Å². The van der Waals surface area contributed by atoms with Crippen LogP contribution in [0.25, 0.3) is 11.0 Å². The Balaban J connectivity index is 1.89. The van der Waals surface area contributed by atoms with E-state index >= 15 is 0 Å². The zero-order valence-corrected chi connectivity index (χ0v) is 15.7. The molecule has 1 aliphatic heterocycles. The Morgan fingerprint density at radius 1 is 1.22 bits per heavy atom. The van der Waals surface area contributed by atoms with E-state index < -0.39 is 11.5 Å². The molecule has 0 radical (unpaired) electrons. The highest BCUT2D eigenvalue weighted by Crippen LogP contribution is 2.43. The number of Topliss-reactive ketones (excluding diaryl/α,β-unsaturated/α-hetero) is 1. The molecule has 3 aromatic rings. The van der Waals surface area contributed by atoms with Crippen molar-refractivity contribution in [3.63, 3.8) is 0 Å². The van der Waals surface area contributed by atoms with Crippen LogP contribution in [0, 0.1) is 5.41 Å². The number of hydrogen-bond donors (Lipinski definition) is 2. The monoisotopic (exact) mass is 363 g/mol. The van der Waals surface area contributed by atoms with Gasteiger partial charge in [0.05, 0.1) is 23.1 Å². The highest BCUT2D eigenvalue weighted by molar-refractivity contribution is 6.18. The summed E-state index contributed by atoms with van der Waals surface area (Å²) in [5.74, 6) is -0.223. The lowest BCUT2D eigenvalue weighted by molar-refractivity contribution is -0.122. The average molecular weight is 363 g/mol. The number of aromatic amines is 2. The minimum absolute atomic E-state index is 0.0435. The number of aromatic nitrogens is 4. The Morgan fingerprint density at radius 3 is 2.67 bits per heavy atom. The van der Waals surface area contributed by atoms with Crippen LogP contribution >= 0.6 is 0 Å². The Bertz CT molecular complexity index is 1070. The molecule has 4 rings (SSSR count). The van der Waals surface area contributed by atoms with Crippen molar-refractivity contribution < 1.29 is 9.59 Å². The molecule has 27 heavy (non-hydrogen) atoms. The number of anilines is 1. The molecular weight excluding hydrogens is 342 g/mol. The van der Waals surface area contributed by atoms with Gasteiger partial charge >= 0.3 is 0 Å². The van der Waals surface area contributed by atoms with Gasteiger partial charge in [-0.15, -0.1) is 0 Å². The minimum Gasteiger partial charge on any atom is -0.345 e. The zero-order valence-electron chi connectivity index (χ0n) is 15.7. The second kappa shape index (κ2) is 5.90. The second-order valence-corrected chi connectivity index (χ2v) is 7.81. The number of fused-ring (bicyclic) bond motifs is 1. The first-order valence-corrected chi connectivity index (χ1v) is 8.80. The summed E-state index contributed by atoms with van der Waals surface area (Å²) < 4.78 is 0. The third-order valence-electron chi connectivity index (χ3n) is 4.90. The molecule has 1 aromatic carbocycles. The molecule has 138 valence electrons. The van der Waals surface area contributed by atoms with Crippen LogP contribution in [-0.4, -0.2) is 31.9 Å². The fourth-order valence-electron chi connectivity index (χ4n) is 3.50. The number of H-pyrrole nitrogens is 2. The number of benzene rings is 1. The van der Waals surface area contributed by atoms with Gasteiger partial charge in [0.1, 0.15) is 6.04 Å². The first kappa shape index (κ1) is 17.2. The molecule has 1 amide bonds. The Hall–Kier alpha value is -3.22. The minimum atomic E-state index is -0.599. The van der Waals surface area contributed by atoms with Gasteiger partial charge in [0.2, 0.25) is 0 Å². The summed E-state index contributed by atoms with van der Waals surface area (Å²) in [6.07, 6.45) is 3.24. The standard InChI is InChI=1S/C20H21N5O2/c1-11-16(18(26)20(2,3)4)17(14-7-8-23-24-14)25(19(11)27)12-5-6-13-15(9-12)22-10-21-13/h5-10,17H,1-4H3,(H,21,22)(H,23,24). The number of nitrogens with one attached hydrogen (secondary N) is 2. The predicted octanol–water partition coefficient (Wildman–Crippen LogP) is 3.31. The van der Waals surface area contributed by atoms with Gasteiger partial charge in [-0.2, -0.15) is 5.10 Å². The fourth-order valence-corrected chi connectivity index (χ4v) is 3.50. The zero-order chi connectivity index (χ0) is 19.3. The average Bonchev–Trinajstić information content (AvgIpc) is 3.33. The van der Waals surface area contributed by atoms with Crippen LogP contribution in [0.3, 0.4) is 0 Å². The highest BCUT2D eigenvalue weighted by atomic mass is 16.2. The molecule has 3 heterocycles. The van der Waals surface area contributed by atoms with Crippen LogP contribution in [0.5, 0.6) is 0 Å². The van der Waals surface area contributed by atoms with Gasteiger partial charge in [-0.05, 0) is 31.2 Å². The van der Waals surface area contributed by atoms with E-state index in [1.54, 1.807) is 30.4 Å². The van der Waals surface area contributed by atoms with Crippen molar-refractivity contribution in [2.24, 2.45) is 5.41 Å². The lowest BCUT2D eigenvalue weighted by Crippen LogP contribution is -2.33. The summed E-state index contributed by atoms with van der Waals surface area (Å²) >= 11 is 0. The van der Waals surface area contributed by atoms with Gasteiger partial charge in [-0.3, -0.25) is 19.6 Å². The molecule has 0 aliphatic carbocycles. The van der Waals surface area contributed by atoms with Crippen LogP contribution < -0.4 is 4.90 Å². The molecule has 1 atom stereocenters. The number of amides is 1. The number of nitrogens with zero attached hydrogens (tertiary/aromatic N) is 3. The molecule has 0 spiro atoms. The van der Waals surface area contributed by atoms with Crippen LogP contribution in [-0.2, 0) is 9.59 Å². The summed E-state index contributed by atoms with van der Waals surface area (Å²) in [5, 5.41) is 6.97. The van der Waals surface area contributed by atoms with Gasteiger partial charge in [0.15, 0.2) is 5.78 Å². The van der Waals surface area contributed by atoms with Crippen molar-refractivity contribution in [1.29, 1.82) is 0 Å². The highest BCUT2D eigenvalue weighted by Gasteiger charge is 2.45. The molecule has 0 saturated heterocycles. The van der Waals surface area contributed by atoms with Crippen molar-refractivity contribution >= 4 is 28.4 Å². The van der Waals surface area contributed by atoms with Crippen molar-refractivity contribution in [3.05, 3.63) is 53.6 Å². The van der Waals surface area contributed by atoms with Gasteiger partial charge in [0.25, 0.3) is 5.91 Å². The summed E-state index contributed by atoms with van der Waals surface area (Å²) in [4.78, 5) is 35.3. The number of carbonyl (C=O) groups is 2. The number of carbonyl (C=O) groups excluding carboxylic acids is 2. The lowest BCUT2D eigenvalue weighted by atomic mass is 9.82. The molecule has 0 fully saturated rings. The normalized spacial score (nSPS) is 18.0.